The summed E-state index contributed by atoms with van der Waals surface area (Å²) >= 11 is 5.93. The van der Waals surface area contributed by atoms with Gasteiger partial charge in [-0.05, 0) is 44.0 Å². The Balaban J connectivity index is 2.89. The second kappa shape index (κ2) is 8.15. The molecule has 22 heavy (non-hydrogen) atoms. The molecule has 0 saturated carbocycles. The van der Waals surface area contributed by atoms with Crippen LogP contribution in [0.2, 0.25) is 5.02 Å². The van der Waals surface area contributed by atoms with Gasteiger partial charge in [0.1, 0.15) is 0 Å². The summed E-state index contributed by atoms with van der Waals surface area (Å²) < 4.78 is 4.58. The predicted molar refractivity (Wildman–Crippen MR) is 83.3 cm³/mol. The lowest BCUT2D eigenvalue weighted by molar-refractivity contribution is -0.121. The number of hydrogen-bond acceptors (Lipinski definition) is 5. The van der Waals surface area contributed by atoms with Crippen LogP contribution in [0.25, 0.3) is 0 Å². The molecule has 0 aliphatic heterocycles. The van der Waals surface area contributed by atoms with Gasteiger partial charge in [-0.3, -0.25) is 15.1 Å². The molecule has 1 aromatic carbocycles. The average molecular weight is 322 g/mol. The molecule has 1 aromatic rings. The van der Waals surface area contributed by atoms with E-state index in [2.05, 4.69) is 9.73 Å². The van der Waals surface area contributed by atoms with Crippen LogP contribution in [0.15, 0.2) is 17.1 Å². The number of aryl methyl sites for hydroxylation is 2. The highest BCUT2D eigenvalue weighted by Crippen LogP contribution is 2.27. The predicted octanol–water partition coefficient (Wildman–Crippen LogP) is 3.07. The van der Waals surface area contributed by atoms with Gasteiger partial charge in [-0.2, -0.15) is 5.26 Å². The fourth-order valence-electron chi connectivity index (χ4n) is 1.76. The Labute approximate surface area is 133 Å². The Morgan fingerprint density at radius 1 is 1.45 bits per heavy atom. The lowest BCUT2D eigenvalue weighted by atomic mass is 10.1. The second-order valence-corrected chi connectivity index (χ2v) is 4.92. The van der Waals surface area contributed by atoms with Gasteiger partial charge < -0.3 is 4.74 Å². The summed E-state index contributed by atoms with van der Waals surface area (Å²) in [5.74, 6) is -1.98. The standard InChI is InChI=1S/C15H16ClN3O3/c1-4-22-15(21)19-14(20)11(7-17)8-18-13-9(2)5-12(16)6-10(13)3/h5-6,8,11H,4H2,1-3H3,(H,19,20,21). The number of nitrogens with one attached hydrogen (secondary N) is 1. The number of nitriles is 1. The highest BCUT2D eigenvalue weighted by Gasteiger charge is 2.19. The Hall–Kier alpha value is -2.39. The van der Waals surface area contributed by atoms with E-state index < -0.39 is 17.9 Å². The van der Waals surface area contributed by atoms with Crippen LogP contribution < -0.4 is 5.32 Å². The summed E-state index contributed by atoms with van der Waals surface area (Å²) in [6.45, 7) is 5.39. The molecule has 1 rings (SSSR count). The summed E-state index contributed by atoms with van der Waals surface area (Å²) in [6, 6.07) is 5.25. The van der Waals surface area contributed by atoms with Crippen molar-refractivity contribution in [3.8, 4) is 6.07 Å². The van der Waals surface area contributed by atoms with Crippen molar-refractivity contribution < 1.29 is 14.3 Å². The Bertz CT molecular complexity index is 627. The van der Waals surface area contributed by atoms with Gasteiger partial charge in [0.05, 0.1) is 18.4 Å². The molecular formula is C15H16ClN3O3. The first kappa shape index (κ1) is 17.7. The Kier molecular flexibility index (Phi) is 6.54. The zero-order valence-corrected chi connectivity index (χ0v) is 13.3. The molecule has 0 aliphatic carbocycles. The van der Waals surface area contributed by atoms with Crippen molar-refractivity contribution in [2.75, 3.05) is 6.61 Å². The second-order valence-electron chi connectivity index (χ2n) is 4.48. The minimum atomic E-state index is -1.20. The van der Waals surface area contributed by atoms with Crippen LogP contribution in [0.1, 0.15) is 18.1 Å². The monoisotopic (exact) mass is 321 g/mol. The first-order valence-corrected chi connectivity index (χ1v) is 6.95. The Morgan fingerprint density at radius 3 is 2.55 bits per heavy atom. The number of halogens is 1. The third kappa shape index (κ3) is 4.86. The SMILES string of the molecule is CCOC(=O)NC(=O)C(C#N)C=Nc1c(C)cc(Cl)cc1C. The molecule has 1 N–H and O–H groups in total. The number of aliphatic imine (C=N–C) groups is 1. The molecule has 0 saturated heterocycles. The van der Waals surface area contributed by atoms with E-state index in [0.29, 0.717) is 10.7 Å². The third-order valence-electron chi connectivity index (χ3n) is 2.73. The van der Waals surface area contributed by atoms with E-state index in [1.165, 1.54) is 6.21 Å². The number of benzene rings is 1. The van der Waals surface area contributed by atoms with Crippen molar-refractivity contribution in [3.05, 3.63) is 28.3 Å². The van der Waals surface area contributed by atoms with Gasteiger partial charge in [-0.25, -0.2) is 4.79 Å². The summed E-state index contributed by atoms with van der Waals surface area (Å²) in [4.78, 5) is 27.1. The number of ether oxygens (including phenoxy) is 1. The number of carbonyl (C=O) groups is 2. The van der Waals surface area contributed by atoms with Gasteiger partial charge >= 0.3 is 6.09 Å². The maximum atomic E-state index is 11.8. The summed E-state index contributed by atoms with van der Waals surface area (Å²) in [7, 11) is 0. The van der Waals surface area contributed by atoms with Crippen LogP contribution in [0.5, 0.6) is 0 Å². The lowest BCUT2D eigenvalue weighted by Crippen LogP contribution is -2.36. The highest BCUT2D eigenvalue weighted by molar-refractivity contribution is 6.30. The molecule has 0 aliphatic rings. The molecule has 1 atom stereocenters. The Morgan fingerprint density at radius 2 is 2.05 bits per heavy atom. The van der Waals surface area contributed by atoms with E-state index in [1.54, 1.807) is 25.1 Å². The maximum absolute atomic E-state index is 11.8. The van der Waals surface area contributed by atoms with Crippen molar-refractivity contribution in [3.63, 3.8) is 0 Å². The first-order chi connectivity index (χ1) is 10.4. The molecular weight excluding hydrogens is 306 g/mol. The van der Waals surface area contributed by atoms with E-state index >= 15 is 0 Å². The zero-order chi connectivity index (χ0) is 16.7. The van der Waals surface area contributed by atoms with Crippen molar-refractivity contribution in [1.82, 2.24) is 5.32 Å². The summed E-state index contributed by atoms with van der Waals surface area (Å²) in [6.07, 6.45) is 0.303. The zero-order valence-electron chi connectivity index (χ0n) is 12.5. The molecule has 0 heterocycles. The van der Waals surface area contributed by atoms with Crippen molar-refractivity contribution in [2.24, 2.45) is 10.9 Å². The van der Waals surface area contributed by atoms with Gasteiger partial charge in [-0.1, -0.05) is 11.6 Å². The molecule has 0 aromatic heterocycles. The molecule has 0 bridgehead atoms. The van der Waals surface area contributed by atoms with E-state index in [4.69, 9.17) is 16.9 Å². The highest BCUT2D eigenvalue weighted by atomic mass is 35.5. The summed E-state index contributed by atoms with van der Waals surface area (Å²) in [5, 5.41) is 11.6. The molecule has 7 heteroatoms. The van der Waals surface area contributed by atoms with Crippen LogP contribution in [0, 0.1) is 31.1 Å². The topological polar surface area (TPSA) is 91.5 Å². The van der Waals surface area contributed by atoms with E-state index in [0.717, 1.165) is 11.1 Å². The van der Waals surface area contributed by atoms with Crippen LogP contribution in [0.3, 0.4) is 0 Å². The molecule has 2 amide bonds. The number of hydrogen-bond donors (Lipinski definition) is 1. The normalized spacial score (nSPS) is 11.8. The molecule has 0 spiro atoms. The van der Waals surface area contributed by atoms with E-state index in [1.807, 2.05) is 19.2 Å². The van der Waals surface area contributed by atoms with Gasteiger partial charge in [-0.15, -0.1) is 0 Å². The quantitative estimate of drug-likeness (QED) is 0.863. The van der Waals surface area contributed by atoms with Gasteiger partial charge in [0.25, 0.3) is 5.91 Å². The van der Waals surface area contributed by atoms with Crippen LogP contribution >= 0.6 is 11.6 Å². The average Bonchev–Trinajstić information content (AvgIpc) is 2.41. The number of rotatable bonds is 4. The van der Waals surface area contributed by atoms with Gasteiger partial charge in [0, 0.05) is 11.2 Å². The smallest absolute Gasteiger partial charge is 0.413 e. The van der Waals surface area contributed by atoms with Crippen molar-refractivity contribution in [2.45, 2.75) is 20.8 Å². The largest absolute Gasteiger partial charge is 0.450 e. The number of alkyl carbamates (subject to hydrolysis) is 1. The van der Waals surface area contributed by atoms with Crippen LogP contribution in [-0.2, 0) is 9.53 Å². The fraction of sp³-hybridized carbons (Fsp3) is 0.333. The fourth-order valence-corrected chi connectivity index (χ4v) is 2.09. The van der Waals surface area contributed by atoms with Gasteiger partial charge in [0.15, 0.2) is 5.92 Å². The van der Waals surface area contributed by atoms with Crippen LogP contribution in [-0.4, -0.2) is 24.8 Å². The minimum absolute atomic E-state index is 0.133. The molecule has 0 fully saturated rings. The number of carbonyl (C=O) groups excluding carboxylic acids is 2. The lowest BCUT2D eigenvalue weighted by Gasteiger charge is -2.07. The third-order valence-corrected chi connectivity index (χ3v) is 2.95. The number of imide groups is 1. The molecule has 0 radical (unpaired) electrons. The number of nitrogens with zero attached hydrogens (tertiary/aromatic N) is 2. The first-order valence-electron chi connectivity index (χ1n) is 6.57. The van der Waals surface area contributed by atoms with Crippen LogP contribution in [0.4, 0.5) is 10.5 Å². The van der Waals surface area contributed by atoms with Crippen molar-refractivity contribution >= 4 is 35.5 Å². The summed E-state index contributed by atoms with van der Waals surface area (Å²) in [5.41, 5.74) is 2.28. The van der Waals surface area contributed by atoms with E-state index in [9.17, 15) is 9.59 Å². The molecule has 116 valence electrons. The van der Waals surface area contributed by atoms with Crippen molar-refractivity contribution in [1.29, 1.82) is 5.26 Å². The maximum Gasteiger partial charge on any atom is 0.413 e. The number of amides is 2. The minimum Gasteiger partial charge on any atom is -0.450 e. The van der Waals surface area contributed by atoms with Gasteiger partial charge in [0.2, 0.25) is 0 Å². The van der Waals surface area contributed by atoms with E-state index in [-0.39, 0.29) is 6.61 Å². The molecule has 6 nitrogen and oxygen atoms in total. The molecule has 1 unspecified atom stereocenters.